The lowest BCUT2D eigenvalue weighted by molar-refractivity contribution is 0.289. The van der Waals surface area contributed by atoms with E-state index in [9.17, 15) is 0 Å². The van der Waals surface area contributed by atoms with E-state index in [4.69, 9.17) is 0 Å². The molecule has 2 atom stereocenters. The maximum absolute atomic E-state index is 3.47. The topological polar surface area (TPSA) is 0 Å². The Labute approximate surface area is 124 Å². The monoisotopic (exact) mass is 278 g/mol. The molecule has 0 amide bonds. The van der Waals surface area contributed by atoms with Crippen LogP contribution in [0.1, 0.15) is 66.7 Å². The van der Waals surface area contributed by atoms with Gasteiger partial charge in [0, 0.05) is 5.41 Å². The predicted molar refractivity (Wildman–Crippen MR) is 89.2 cm³/mol. The molecular formula is C18H30S. The van der Waals surface area contributed by atoms with E-state index in [2.05, 4.69) is 52.7 Å². The zero-order valence-corrected chi connectivity index (χ0v) is 14.4. The van der Waals surface area contributed by atoms with E-state index in [0.717, 1.165) is 18.3 Å². The van der Waals surface area contributed by atoms with Crippen LogP contribution in [0.4, 0.5) is 0 Å². The summed E-state index contributed by atoms with van der Waals surface area (Å²) in [5, 5.41) is 0. The molecule has 0 aromatic carbocycles. The van der Waals surface area contributed by atoms with Gasteiger partial charge >= 0.3 is 0 Å². The Kier molecular flexibility index (Phi) is 6.54. The SMILES string of the molecule is CCC(=C(C#CC(C)(C)C)SC)C1CCCCC1C. The van der Waals surface area contributed by atoms with Crippen LogP contribution < -0.4 is 0 Å². The number of thioether (sulfide) groups is 1. The average Bonchev–Trinajstić information content (AvgIpc) is 2.34. The van der Waals surface area contributed by atoms with E-state index >= 15 is 0 Å². The molecule has 0 nitrogen and oxygen atoms in total. The lowest BCUT2D eigenvalue weighted by Crippen LogP contribution is -2.19. The smallest absolute Gasteiger partial charge is 0.0565 e. The van der Waals surface area contributed by atoms with Crippen LogP contribution in [0.25, 0.3) is 0 Å². The van der Waals surface area contributed by atoms with Gasteiger partial charge in [0.15, 0.2) is 0 Å². The number of hydrogen-bond donors (Lipinski definition) is 0. The molecule has 0 bridgehead atoms. The molecule has 0 aliphatic heterocycles. The minimum Gasteiger partial charge on any atom is -0.121 e. The highest BCUT2D eigenvalue weighted by Crippen LogP contribution is 2.39. The first-order valence-electron chi connectivity index (χ1n) is 7.69. The molecule has 1 aliphatic carbocycles. The van der Waals surface area contributed by atoms with Gasteiger partial charge in [-0.25, -0.2) is 0 Å². The van der Waals surface area contributed by atoms with Crippen LogP contribution in [0.5, 0.6) is 0 Å². The molecule has 2 unspecified atom stereocenters. The molecule has 1 aliphatic rings. The average molecular weight is 279 g/mol. The number of allylic oxidation sites excluding steroid dienone is 2. The van der Waals surface area contributed by atoms with Crippen LogP contribution in [0, 0.1) is 29.1 Å². The first kappa shape index (κ1) is 16.7. The molecule has 1 saturated carbocycles. The number of hydrogen-bond acceptors (Lipinski definition) is 1. The summed E-state index contributed by atoms with van der Waals surface area (Å²) in [6.07, 6.45) is 8.90. The summed E-state index contributed by atoms with van der Waals surface area (Å²) in [5.74, 6) is 8.49. The van der Waals surface area contributed by atoms with Gasteiger partial charge in [-0.05, 0) is 57.3 Å². The van der Waals surface area contributed by atoms with E-state index in [-0.39, 0.29) is 5.41 Å². The first-order valence-corrected chi connectivity index (χ1v) is 8.91. The van der Waals surface area contributed by atoms with Gasteiger partial charge < -0.3 is 0 Å². The van der Waals surface area contributed by atoms with Crippen LogP contribution in [0.3, 0.4) is 0 Å². The summed E-state index contributed by atoms with van der Waals surface area (Å²) in [7, 11) is 0. The minimum atomic E-state index is 0.0953. The van der Waals surface area contributed by atoms with Crippen LogP contribution in [0.15, 0.2) is 10.5 Å². The van der Waals surface area contributed by atoms with Crippen molar-refractivity contribution < 1.29 is 0 Å². The van der Waals surface area contributed by atoms with E-state index in [1.165, 1.54) is 30.6 Å². The van der Waals surface area contributed by atoms with Crippen molar-refractivity contribution in [3.63, 3.8) is 0 Å². The summed E-state index contributed by atoms with van der Waals surface area (Å²) >= 11 is 1.84. The van der Waals surface area contributed by atoms with Crippen molar-refractivity contribution >= 4 is 11.8 Å². The Hall–Kier alpha value is -0.350. The van der Waals surface area contributed by atoms with Gasteiger partial charge in [0.25, 0.3) is 0 Å². The molecule has 19 heavy (non-hydrogen) atoms. The predicted octanol–water partition coefficient (Wildman–Crippen LogP) is 5.89. The normalized spacial score (nSPS) is 25.4. The fourth-order valence-corrected chi connectivity index (χ4v) is 3.64. The van der Waals surface area contributed by atoms with Crippen molar-refractivity contribution in [1.29, 1.82) is 0 Å². The van der Waals surface area contributed by atoms with Crippen molar-refractivity contribution in [2.24, 2.45) is 17.3 Å². The highest BCUT2D eigenvalue weighted by Gasteiger charge is 2.25. The first-order chi connectivity index (χ1) is 8.89. The van der Waals surface area contributed by atoms with E-state index < -0.39 is 0 Å². The third kappa shape index (κ3) is 5.27. The molecule has 0 saturated heterocycles. The zero-order valence-electron chi connectivity index (χ0n) is 13.6. The van der Waals surface area contributed by atoms with Crippen molar-refractivity contribution in [3.05, 3.63) is 10.5 Å². The van der Waals surface area contributed by atoms with Gasteiger partial charge in [-0.3, -0.25) is 0 Å². The lowest BCUT2D eigenvalue weighted by atomic mass is 9.75. The molecule has 1 rings (SSSR count). The van der Waals surface area contributed by atoms with E-state index in [0.29, 0.717) is 0 Å². The van der Waals surface area contributed by atoms with E-state index in [1.54, 1.807) is 5.57 Å². The second-order valence-corrected chi connectivity index (χ2v) is 7.60. The summed E-state index contributed by atoms with van der Waals surface area (Å²) < 4.78 is 0. The largest absolute Gasteiger partial charge is 0.121 e. The van der Waals surface area contributed by atoms with Crippen molar-refractivity contribution in [2.45, 2.75) is 66.7 Å². The Morgan fingerprint density at radius 3 is 2.32 bits per heavy atom. The molecule has 108 valence electrons. The van der Waals surface area contributed by atoms with Crippen LogP contribution in [-0.4, -0.2) is 6.26 Å². The highest BCUT2D eigenvalue weighted by molar-refractivity contribution is 8.02. The molecule has 0 N–H and O–H groups in total. The molecule has 0 aromatic heterocycles. The molecule has 0 radical (unpaired) electrons. The third-order valence-corrected chi connectivity index (χ3v) is 4.76. The number of rotatable bonds is 3. The second kappa shape index (κ2) is 7.44. The molecule has 1 fully saturated rings. The second-order valence-electron chi connectivity index (χ2n) is 6.78. The minimum absolute atomic E-state index is 0.0953. The molecule has 0 spiro atoms. The maximum atomic E-state index is 3.47. The Bertz CT molecular complexity index is 373. The van der Waals surface area contributed by atoms with Crippen LogP contribution in [-0.2, 0) is 0 Å². The molecule has 0 heterocycles. The van der Waals surface area contributed by atoms with Gasteiger partial charge in [0.1, 0.15) is 0 Å². The Morgan fingerprint density at radius 1 is 1.21 bits per heavy atom. The highest BCUT2D eigenvalue weighted by atomic mass is 32.2. The summed E-state index contributed by atoms with van der Waals surface area (Å²) in [6, 6.07) is 0. The van der Waals surface area contributed by atoms with Crippen LogP contribution in [0.2, 0.25) is 0 Å². The fourth-order valence-electron chi connectivity index (χ4n) is 2.93. The molecule has 0 aromatic rings. The Morgan fingerprint density at radius 2 is 1.84 bits per heavy atom. The summed E-state index contributed by atoms with van der Waals surface area (Å²) in [4.78, 5) is 1.34. The molecular weight excluding hydrogens is 248 g/mol. The van der Waals surface area contributed by atoms with Gasteiger partial charge in [-0.2, -0.15) is 0 Å². The van der Waals surface area contributed by atoms with Gasteiger partial charge in [-0.15, -0.1) is 11.8 Å². The zero-order chi connectivity index (χ0) is 14.5. The molecule has 1 heteroatoms. The fraction of sp³-hybridized carbons (Fsp3) is 0.778. The van der Waals surface area contributed by atoms with Gasteiger partial charge in [0.05, 0.1) is 4.91 Å². The van der Waals surface area contributed by atoms with Crippen molar-refractivity contribution in [1.82, 2.24) is 0 Å². The third-order valence-electron chi connectivity index (χ3n) is 3.99. The lowest BCUT2D eigenvalue weighted by Gasteiger charge is -2.31. The summed E-state index contributed by atoms with van der Waals surface area (Å²) in [6.45, 7) is 11.3. The van der Waals surface area contributed by atoms with Crippen molar-refractivity contribution in [3.8, 4) is 11.8 Å². The quantitative estimate of drug-likeness (QED) is 0.580. The maximum Gasteiger partial charge on any atom is 0.0565 e. The van der Waals surface area contributed by atoms with Crippen molar-refractivity contribution in [2.75, 3.05) is 6.26 Å². The summed E-state index contributed by atoms with van der Waals surface area (Å²) in [5.41, 5.74) is 1.72. The Balaban J connectivity index is 3.05. The van der Waals surface area contributed by atoms with Crippen LogP contribution >= 0.6 is 11.8 Å². The van der Waals surface area contributed by atoms with Gasteiger partial charge in [0.2, 0.25) is 0 Å². The van der Waals surface area contributed by atoms with E-state index in [1.807, 2.05) is 11.8 Å². The standard InChI is InChI=1S/C18H30S/c1-7-15(16-11-9-8-10-14(16)2)17(19-6)12-13-18(3,4)5/h14,16H,7-11H2,1-6H3. The van der Waals surface area contributed by atoms with Gasteiger partial charge in [-0.1, -0.05) is 45.0 Å².